The van der Waals surface area contributed by atoms with Crippen LogP contribution in [0.2, 0.25) is 0 Å². The van der Waals surface area contributed by atoms with E-state index in [1.165, 1.54) is 0 Å². The Kier molecular flexibility index (Phi) is 0.755. The van der Waals surface area contributed by atoms with E-state index >= 15 is 0 Å². The molecule has 0 saturated heterocycles. The zero-order valence-corrected chi connectivity index (χ0v) is 8.35. The second-order valence-electron chi connectivity index (χ2n) is 4.42. The summed E-state index contributed by atoms with van der Waals surface area (Å²) in [5, 5.41) is 0. The lowest BCUT2D eigenvalue weighted by atomic mass is 9.79. The van der Waals surface area contributed by atoms with Gasteiger partial charge in [-0.25, -0.2) is 0 Å². The first-order valence-electron chi connectivity index (χ1n) is 4.13. The summed E-state index contributed by atoms with van der Waals surface area (Å²) in [5.41, 5.74) is 0.793. The molecule has 1 saturated carbocycles. The van der Waals surface area contributed by atoms with Crippen LogP contribution in [0.25, 0.3) is 0 Å². The van der Waals surface area contributed by atoms with Crippen LogP contribution in [-0.2, 0) is 0 Å². The number of alkyl halides is 1. The van der Waals surface area contributed by atoms with Crippen LogP contribution >= 0.6 is 15.9 Å². The molecule has 11 heavy (non-hydrogen) atoms. The molecule has 2 unspecified atom stereocenters. The maximum absolute atomic E-state index is 3.83. The number of hydrogen-bond donors (Lipinski definition) is 0. The number of halogens is 1. The van der Waals surface area contributed by atoms with E-state index in [0.717, 1.165) is 5.92 Å². The van der Waals surface area contributed by atoms with Crippen molar-refractivity contribution in [1.29, 1.82) is 0 Å². The van der Waals surface area contributed by atoms with Crippen molar-refractivity contribution >= 4 is 15.9 Å². The molecular formula is C10H11Br. The van der Waals surface area contributed by atoms with Crippen molar-refractivity contribution in [2.75, 3.05) is 0 Å². The van der Waals surface area contributed by atoms with Crippen LogP contribution < -0.4 is 0 Å². The topological polar surface area (TPSA) is 0 Å². The molecule has 0 radical (unpaired) electrons. The summed E-state index contributed by atoms with van der Waals surface area (Å²) in [6.45, 7) is 4.71. The number of rotatable bonds is 0. The number of hydrogen-bond acceptors (Lipinski definition) is 0. The Labute approximate surface area is 75.5 Å². The molecule has 1 heteroatoms. The third-order valence-corrected chi connectivity index (χ3v) is 5.79. The molecule has 58 valence electrons. The van der Waals surface area contributed by atoms with Crippen molar-refractivity contribution in [3.05, 3.63) is 24.3 Å². The minimum Gasteiger partial charge on any atom is -0.0821 e. The van der Waals surface area contributed by atoms with Gasteiger partial charge in [0.2, 0.25) is 0 Å². The Morgan fingerprint density at radius 2 is 1.91 bits per heavy atom. The van der Waals surface area contributed by atoms with Gasteiger partial charge in [-0.1, -0.05) is 54.1 Å². The Bertz CT molecular complexity index is 304. The molecule has 3 rings (SSSR count). The standard InChI is InChI=1S/C10H11Br/c1-8-4-3-7-9(8,2)10(7,11)6-5-8/h3-7H,1-2H3/t7?,8-,9-,10?/m0/s1. The van der Waals surface area contributed by atoms with Gasteiger partial charge in [0.1, 0.15) is 0 Å². The molecule has 0 aliphatic heterocycles. The van der Waals surface area contributed by atoms with Gasteiger partial charge in [-0.2, -0.15) is 0 Å². The number of fused-ring (bicyclic) bond motifs is 1. The highest BCUT2D eigenvalue weighted by Gasteiger charge is 2.80. The quantitative estimate of drug-likeness (QED) is 0.427. The van der Waals surface area contributed by atoms with Gasteiger partial charge in [-0.15, -0.1) is 0 Å². The molecule has 3 aliphatic carbocycles. The minimum atomic E-state index is 0.323. The first kappa shape index (κ1) is 6.47. The molecule has 0 aromatic rings. The summed E-state index contributed by atoms with van der Waals surface area (Å²) < 4.78 is 0.323. The van der Waals surface area contributed by atoms with Crippen LogP contribution in [0.1, 0.15) is 13.8 Å². The molecule has 0 amide bonds. The highest BCUT2D eigenvalue weighted by atomic mass is 79.9. The van der Waals surface area contributed by atoms with Crippen LogP contribution in [-0.4, -0.2) is 4.32 Å². The van der Waals surface area contributed by atoms with E-state index in [-0.39, 0.29) is 0 Å². The third kappa shape index (κ3) is 0.376. The van der Waals surface area contributed by atoms with Crippen LogP contribution in [0.4, 0.5) is 0 Å². The normalized spacial score (nSPS) is 68.8. The smallest absolute Gasteiger partial charge is 0.0576 e. The van der Waals surface area contributed by atoms with E-state index in [1.54, 1.807) is 0 Å². The number of allylic oxidation sites excluding steroid dienone is 4. The predicted molar refractivity (Wildman–Crippen MR) is 49.6 cm³/mol. The van der Waals surface area contributed by atoms with Crippen LogP contribution in [0, 0.1) is 16.7 Å². The molecule has 0 aromatic carbocycles. The lowest BCUT2D eigenvalue weighted by Crippen LogP contribution is -2.21. The Hall–Kier alpha value is -0.0400. The highest BCUT2D eigenvalue weighted by molar-refractivity contribution is 9.10. The monoisotopic (exact) mass is 210 g/mol. The van der Waals surface area contributed by atoms with Crippen LogP contribution in [0.5, 0.6) is 0 Å². The van der Waals surface area contributed by atoms with Crippen molar-refractivity contribution in [2.24, 2.45) is 16.7 Å². The Morgan fingerprint density at radius 3 is 2.36 bits per heavy atom. The average Bonchev–Trinajstić information content (AvgIpc) is 2.25. The van der Waals surface area contributed by atoms with Crippen LogP contribution in [0.15, 0.2) is 24.3 Å². The lowest BCUT2D eigenvalue weighted by Gasteiger charge is -2.25. The van der Waals surface area contributed by atoms with Gasteiger partial charge in [0, 0.05) is 16.7 Å². The summed E-state index contributed by atoms with van der Waals surface area (Å²) in [6.07, 6.45) is 9.43. The minimum absolute atomic E-state index is 0.323. The summed E-state index contributed by atoms with van der Waals surface area (Å²) in [4.78, 5) is 0. The summed E-state index contributed by atoms with van der Waals surface area (Å²) in [7, 11) is 0. The van der Waals surface area contributed by atoms with Gasteiger partial charge < -0.3 is 0 Å². The molecule has 0 spiro atoms. The molecule has 3 aliphatic rings. The van der Waals surface area contributed by atoms with Gasteiger partial charge in [0.25, 0.3) is 0 Å². The summed E-state index contributed by atoms with van der Waals surface area (Å²) in [6, 6.07) is 0. The zero-order valence-electron chi connectivity index (χ0n) is 6.76. The molecule has 1 fully saturated rings. The van der Waals surface area contributed by atoms with E-state index in [0.29, 0.717) is 15.2 Å². The molecule has 0 heterocycles. The molecular weight excluding hydrogens is 200 g/mol. The van der Waals surface area contributed by atoms with E-state index in [2.05, 4.69) is 54.1 Å². The lowest BCUT2D eigenvalue weighted by molar-refractivity contribution is 0.339. The summed E-state index contributed by atoms with van der Waals surface area (Å²) >= 11 is 3.83. The van der Waals surface area contributed by atoms with E-state index in [1.807, 2.05) is 0 Å². The van der Waals surface area contributed by atoms with Crippen molar-refractivity contribution < 1.29 is 0 Å². The second kappa shape index (κ2) is 1.28. The first-order chi connectivity index (χ1) is 5.05. The molecule has 0 nitrogen and oxygen atoms in total. The second-order valence-corrected chi connectivity index (χ2v) is 5.74. The molecule has 0 bridgehead atoms. The van der Waals surface area contributed by atoms with E-state index in [4.69, 9.17) is 0 Å². The zero-order chi connectivity index (χ0) is 7.91. The first-order valence-corrected chi connectivity index (χ1v) is 4.93. The third-order valence-electron chi connectivity index (χ3n) is 4.21. The fraction of sp³-hybridized carbons (Fsp3) is 0.600. The van der Waals surface area contributed by atoms with Gasteiger partial charge >= 0.3 is 0 Å². The van der Waals surface area contributed by atoms with Crippen molar-refractivity contribution in [1.82, 2.24) is 0 Å². The van der Waals surface area contributed by atoms with Gasteiger partial charge in [0.15, 0.2) is 0 Å². The fourth-order valence-corrected chi connectivity index (χ4v) is 4.29. The average molecular weight is 211 g/mol. The van der Waals surface area contributed by atoms with E-state index < -0.39 is 0 Å². The maximum Gasteiger partial charge on any atom is 0.0576 e. The Morgan fingerprint density at radius 1 is 1.18 bits per heavy atom. The van der Waals surface area contributed by atoms with Crippen molar-refractivity contribution in [3.8, 4) is 0 Å². The van der Waals surface area contributed by atoms with Crippen LogP contribution in [0.3, 0.4) is 0 Å². The fourth-order valence-electron chi connectivity index (χ4n) is 2.99. The molecule has 4 atom stereocenters. The molecule has 0 N–H and O–H groups in total. The maximum atomic E-state index is 3.83. The predicted octanol–water partition coefficient (Wildman–Crippen LogP) is 2.90. The van der Waals surface area contributed by atoms with Gasteiger partial charge in [-0.3, -0.25) is 0 Å². The SMILES string of the molecule is C[C@]12C=CC3C(Br)(C=C1)[C@@]32C. The van der Waals surface area contributed by atoms with Gasteiger partial charge in [0.05, 0.1) is 4.32 Å². The van der Waals surface area contributed by atoms with Crippen molar-refractivity contribution in [3.63, 3.8) is 0 Å². The summed E-state index contributed by atoms with van der Waals surface area (Å²) in [5.74, 6) is 0.755. The van der Waals surface area contributed by atoms with Gasteiger partial charge in [-0.05, 0) is 0 Å². The van der Waals surface area contributed by atoms with Crippen molar-refractivity contribution in [2.45, 2.75) is 18.2 Å². The molecule has 0 aromatic heterocycles. The highest BCUT2D eigenvalue weighted by Crippen LogP contribution is 2.82. The van der Waals surface area contributed by atoms with E-state index in [9.17, 15) is 0 Å². The largest absolute Gasteiger partial charge is 0.0821 e. The Balaban J connectivity index is 2.29.